The minimum Gasteiger partial charge on any atom is -0.497 e. The van der Waals surface area contributed by atoms with Crippen molar-refractivity contribution in [1.29, 1.82) is 0 Å². The Labute approximate surface area is 376 Å². The first-order valence-electron chi connectivity index (χ1n) is 22.2. The lowest BCUT2D eigenvalue weighted by Crippen LogP contribution is -2.52. The van der Waals surface area contributed by atoms with Crippen LogP contribution in [0.5, 0.6) is 5.75 Å². The molecule has 14 heteroatoms. The minimum atomic E-state index is -2.63. The van der Waals surface area contributed by atoms with Gasteiger partial charge in [0.05, 0.1) is 87.1 Å². The number of aromatic nitrogens is 4. The van der Waals surface area contributed by atoms with Gasteiger partial charge in [0.15, 0.2) is 5.60 Å². The molecule has 65 heavy (non-hydrogen) atoms. The molecule has 2 saturated heterocycles. The molecule has 2 aromatic heterocycles. The summed E-state index contributed by atoms with van der Waals surface area (Å²) in [6, 6.07) is 35.4. The smallest absolute Gasteiger partial charge is 0.279 e. The highest BCUT2D eigenvalue weighted by atomic mass is 28.3. The van der Waals surface area contributed by atoms with Gasteiger partial charge in [-0.3, -0.25) is 19.2 Å². The van der Waals surface area contributed by atoms with Gasteiger partial charge in [0.1, 0.15) is 5.75 Å². The normalized spacial score (nSPS) is 21.8. The molecule has 5 atom stereocenters. The average molecular weight is 887 g/mol. The predicted octanol–water partition coefficient (Wildman–Crippen LogP) is 6.23. The largest absolute Gasteiger partial charge is 0.497 e. The van der Waals surface area contributed by atoms with Gasteiger partial charge in [-0.25, -0.2) is 0 Å². The van der Waals surface area contributed by atoms with Crippen molar-refractivity contribution in [3.63, 3.8) is 0 Å². The van der Waals surface area contributed by atoms with Gasteiger partial charge in [-0.1, -0.05) is 85.9 Å². The van der Waals surface area contributed by atoms with E-state index < -0.39 is 25.7 Å². The van der Waals surface area contributed by atoms with Crippen LogP contribution >= 0.6 is 0 Å². The molecular weight excluding hydrogens is 837 g/mol. The number of hydrogen-bond donors (Lipinski definition) is 1. The Balaban J connectivity index is 1.09. The Morgan fingerprint density at radius 2 is 1.45 bits per heavy atom. The van der Waals surface area contributed by atoms with Gasteiger partial charge >= 0.3 is 0 Å². The second-order valence-corrected chi connectivity index (χ2v) is 22.8. The number of anilines is 1. The third kappa shape index (κ3) is 6.89. The van der Waals surface area contributed by atoms with Gasteiger partial charge in [0, 0.05) is 28.8 Å². The number of benzene rings is 5. The molecule has 7 aromatic rings. The van der Waals surface area contributed by atoms with Crippen molar-refractivity contribution in [1.82, 2.24) is 24.5 Å². The Morgan fingerprint density at radius 3 is 2.08 bits per heavy atom. The van der Waals surface area contributed by atoms with Crippen molar-refractivity contribution in [2.45, 2.75) is 69.1 Å². The summed E-state index contributed by atoms with van der Waals surface area (Å²) in [5.41, 5.74) is 0.807. The first-order valence-corrected chi connectivity index (χ1v) is 25.3. The van der Waals surface area contributed by atoms with Crippen molar-refractivity contribution >= 4 is 52.3 Å². The maximum atomic E-state index is 15.8. The second-order valence-electron chi connectivity index (χ2n) is 18.1. The molecule has 330 valence electrons. The quantitative estimate of drug-likeness (QED) is 0.158. The highest BCUT2D eigenvalue weighted by Crippen LogP contribution is 2.60. The molecule has 0 radical (unpaired) electrons. The summed E-state index contributed by atoms with van der Waals surface area (Å²) in [5.74, 6) is -0.0713. The van der Waals surface area contributed by atoms with Crippen molar-refractivity contribution in [3.8, 4) is 17.1 Å². The van der Waals surface area contributed by atoms with E-state index in [4.69, 9.17) is 9.47 Å². The number of fused-ring (bicyclic) bond motifs is 4. The number of amides is 2. The molecular formula is C51H50N6O7Si. The number of nitrogens with zero attached hydrogens (tertiary/aromatic N) is 6. The third-order valence-corrected chi connectivity index (χ3v) is 18.6. The highest BCUT2D eigenvalue weighted by molar-refractivity contribution is 6.91. The molecule has 0 bridgehead atoms. The number of aliphatic hydroxyl groups excluding tert-OH is 1. The standard InChI is InChI=1S/C51H50N6O7Si/c1-32-47(65(3,4)40-22-20-39(63-2)21-23-40)45(27-46(59)54-25-9-12-38(54)31-58)64-51(32)43-26-37(57-49(61)42-14-8-6-11-35(42)29-53-57)19-24-44(43)55(50(51)62)30-33-15-17-36(18-16-33)56-48(60)41-13-7-5-10-34(41)28-52-56/h5-8,10-11,13-24,26,28-29,32,38,45,47,58H,9,12,25,27,30-31H2,1-4H3/t32-,38-,45+,47-,51+/m0/s1. The molecule has 2 amide bonds. The van der Waals surface area contributed by atoms with Gasteiger partial charge in [0.2, 0.25) is 5.91 Å². The summed E-state index contributed by atoms with van der Waals surface area (Å²) in [7, 11) is -0.996. The summed E-state index contributed by atoms with van der Waals surface area (Å²) in [4.78, 5) is 61.1. The highest BCUT2D eigenvalue weighted by Gasteiger charge is 2.66. The predicted molar refractivity (Wildman–Crippen MR) is 252 cm³/mol. The van der Waals surface area contributed by atoms with Crippen LogP contribution in [0.3, 0.4) is 0 Å². The summed E-state index contributed by atoms with van der Waals surface area (Å²) in [6.45, 7) is 7.23. The molecule has 3 aliphatic rings. The molecule has 1 spiro atoms. The van der Waals surface area contributed by atoms with Crippen molar-refractivity contribution in [2.24, 2.45) is 5.92 Å². The first-order chi connectivity index (χ1) is 31.4. The molecule has 3 aliphatic heterocycles. The van der Waals surface area contributed by atoms with Crippen LogP contribution in [0.4, 0.5) is 5.69 Å². The van der Waals surface area contributed by atoms with Crippen LogP contribution in [0, 0.1) is 5.92 Å². The van der Waals surface area contributed by atoms with Gasteiger partial charge < -0.3 is 24.4 Å². The molecule has 1 N–H and O–H groups in total. The van der Waals surface area contributed by atoms with E-state index in [1.54, 1.807) is 47.5 Å². The van der Waals surface area contributed by atoms with E-state index in [0.29, 0.717) is 39.9 Å². The fourth-order valence-electron chi connectivity index (χ4n) is 10.9. The number of carbonyl (C=O) groups is 2. The molecule has 0 unspecified atom stereocenters. The lowest BCUT2D eigenvalue weighted by molar-refractivity contribution is -0.150. The van der Waals surface area contributed by atoms with E-state index in [1.807, 2.05) is 84.9 Å². The molecule has 5 heterocycles. The van der Waals surface area contributed by atoms with Crippen LogP contribution < -0.4 is 25.9 Å². The molecule has 2 fully saturated rings. The maximum absolute atomic E-state index is 15.8. The number of likely N-dealkylation sites (tertiary alicyclic amines) is 1. The first kappa shape index (κ1) is 42.2. The van der Waals surface area contributed by atoms with Crippen molar-refractivity contribution in [2.75, 3.05) is 25.2 Å². The van der Waals surface area contributed by atoms with E-state index in [2.05, 4.69) is 42.3 Å². The zero-order chi connectivity index (χ0) is 45.2. The van der Waals surface area contributed by atoms with Crippen LogP contribution in [0.1, 0.15) is 37.3 Å². The lowest BCUT2D eigenvalue weighted by atomic mass is 9.82. The Kier molecular flexibility index (Phi) is 10.6. The van der Waals surface area contributed by atoms with Crippen LogP contribution in [-0.4, -0.2) is 81.9 Å². The van der Waals surface area contributed by atoms with E-state index in [9.17, 15) is 19.5 Å². The number of carbonyl (C=O) groups excluding carboxylic acids is 2. The number of aliphatic hydroxyl groups is 1. The van der Waals surface area contributed by atoms with Crippen molar-refractivity contribution in [3.05, 3.63) is 159 Å². The maximum Gasteiger partial charge on any atom is 0.279 e. The fraction of sp³-hybridized carbons (Fsp3) is 0.294. The number of hydrogen-bond acceptors (Lipinski definition) is 9. The molecule has 10 rings (SSSR count). The Bertz CT molecular complexity index is 3120. The van der Waals surface area contributed by atoms with E-state index in [1.165, 1.54) is 9.36 Å². The summed E-state index contributed by atoms with van der Waals surface area (Å²) >= 11 is 0. The van der Waals surface area contributed by atoms with Gasteiger partial charge in [0.25, 0.3) is 17.0 Å². The van der Waals surface area contributed by atoms with Gasteiger partial charge in [-0.05, 0) is 78.5 Å². The monoisotopic (exact) mass is 886 g/mol. The average Bonchev–Trinajstić information content (AvgIpc) is 4.00. The Hall–Kier alpha value is -6.74. The SMILES string of the molecule is COc1ccc([Si](C)(C)[C@@H]2[C@@H](CC(=O)N3CCC[C@H]3CO)O[C@]3(C(=O)N(Cc4ccc(-n5ncc6ccccc6c5=O)cc4)c4ccc(-n5ncc6ccccc6c5=O)cc43)[C@H]2C)cc1. The molecule has 5 aromatic carbocycles. The van der Waals surface area contributed by atoms with Gasteiger partial charge in [-0.2, -0.15) is 19.6 Å². The van der Waals surface area contributed by atoms with Crippen LogP contribution in [0.2, 0.25) is 18.6 Å². The zero-order valence-corrected chi connectivity index (χ0v) is 37.8. The second kappa shape index (κ2) is 16.4. The lowest BCUT2D eigenvalue weighted by Gasteiger charge is -2.37. The van der Waals surface area contributed by atoms with E-state index in [-0.39, 0.29) is 54.1 Å². The van der Waals surface area contributed by atoms with Crippen LogP contribution in [0.15, 0.2) is 137 Å². The van der Waals surface area contributed by atoms with Crippen LogP contribution in [0.25, 0.3) is 32.9 Å². The molecule has 0 saturated carbocycles. The third-order valence-electron chi connectivity index (χ3n) is 14.3. The van der Waals surface area contributed by atoms with Crippen LogP contribution in [-0.2, 0) is 26.5 Å². The number of rotatable bonds is 10. The number of methoxy groups -OCH3 is 1. The summed E-state index contributed by atoms with van der Waals surface area (Å²) in [5, 5.41) is 22.9. The van der Waals surface area contributed by atoms with Gasteiger partial charge in [-0.15, -0.1) is 0 Å². The zero-order valence-electron chi connectivity index (χ0n) is 36.8. The number of ether oxygens (including phenoxy) is 2. The van der Waals surface area contributed by atoms with E-state index in [0.717, 1.165) is 40.1 Å². The Morgan fingerprint density at radius 1 is 0.831 bits per heavy atom. The summed E-state index contributed by atoms with van der Waals surface area (Å²) in [6.07, 6.45) is 4.25. The topological polar surface area (TPSA) is 149 Å². The summed E-state index contributed by atoms with van der Waals surface area (Å²) < 4.78 is 15.6. The molecule has 13 nitrogen and oxygen atoms in total. The minimum absolute atomic E-state index is 0.0392. The molecule has 0 aliphatic carbocycles. The van der Waals surface area contributed by atoms with E-state index >= 15 is 4.79 Å². The fourth-order valence-corrected chi connectivity index (χ4v) is 14.9. The van der Waals surface area contributed by atoms with Crippen molar-refractivity contribution < 1.29 is 24.2 Å².